The van der Waals surface area contributed by atoms with Crippen molar-refractivity contribution >= 4 is 28.8 Å². The topological polar surface area (TPSA) is 170 Å². The van der Waals surface area contributed by atoms with Crippen LogP contribution >= 0.6 is 0 Å². The van der Waals surface area contributed by atoms with E-state index in [1.807, 2.05) is 0 Å². The predicted molar refractivity (Wildman–Crippen MR) is 106 cm³/mol. The van der Waals surface area contributed by atoms with Crippen molar-refractivity contribution in [2.45, 2.75) is 31.5 Å². The number of aromatic carboxylic acids is 1. The van der Waals surface area contributed by atoms with Crippen LogP contribution in [0.5, 0.6) is 0 Å². The van der Waals surface area contributed by atoms with Gasteiger partial charge >= 0.3 is 11.9 Å². The van der Waals surface area contributed by atoms with E-state index in [2.05, 4.69) is 9.97 Å². The first-order chi connectivity index (χ1) is 14.8. The normalized spacial score (nSPS) is 23.2. The van der Waals surface area contributed by atoms with E-state index in [0.29, 0.717) is 11.4 Å². The van der Waals surface area contributed by atoms with Gasteiger partial charge < -0.3 is 35.1 Å². The van der Waals surface area contributed by atoms with Gasteiger partial charge in [-0.1, -0.05) is 18.2 Å². The second kappa shape index (κ2) is 7.95. The van der Waals surface area contributed by atoms with Crippen molar-refractivity contribution in [2.75, 3.05) is 12.3 Å². The molecule has 3 aromatic rings. The molecule has 31 heavy (non-hydrogen) atoms. The number of nitrogen functional groups attached to an aromatic ring is 1. The molecule has 1 aliphatic heterocycles. The molecule has 1 saturated heterocycles. The molecule has 0 aliphatic carbocycles. The number of aliphatic hydroxyl groups excluding tert-OH is 2. The van der Waals surface area contributed by atoms with Crippen LogP contribution in [0, 0.1) is 6.92 Å². The Morgan fingerprint density at radius 3 is 2.58 bits per heavy atom. The Hall–Kier alpha value is -3.54. The molecule has 0 unspecified atom stereocenters. The van der Waals surface area contributed by atoms with Gasteiger partial charge in [0.25, 0.3) is 0 Å². The molecule has 0 bridgehead atoms. The quantitative estimate of drug-likeness (QED) is 0.419. The van der Waals surface area contributed by atoms with Crippen molar-refractivity contribution in [3.8, 4) is 0 Å². The molecule has 0 radical (unpaired) electrons. The lowest BCUT2D eigenvalue weighted by Crippen LogP contribution is -2.34. The second-order valence-electron chi connectivity index (χ2n) is 7.12. The summed E-state index contributed by atoms with van der Waals surface area (Å²) in [6.45, 7) is 1.27. The number of nitrogens with two attached hydrogens (primary N) is 1. The Morgan fingerprint density at radius 1 is 1.19 bits per heavy atom. The highest BCUT2D eigenvalue weighted by Gasteiger charge is 2.45. The van der Waals surface area contributed by atoms with Crippen LogP contribution in [-0.4, -0.2) is 66.7 Å². The number of carboxylic acid groups (broad SMARTS) is 1. The number of aryl methyl sites for hydroxylation is 1. The summed E-state index contributed by atoms with van der Waals surface area (Å²) in [5, 5.41) is 30.6. The summed E-state index contributed by atoms with van der Waals surface area (Å²) in [6.07, 6.45) is -3.83. The van der Waals surface area contributed by atoms with Crippen LogP contribution in [-0.2, 0) is 9.47 Å². The third kappa shape index (κ3) is 3.69. The smallest absolute Gasteiger partial charge is 0.338 e. The molecule has 0 amide bonds. The minimum atomic E-state index is -1.44. The van der Waals surface area contributed by atoms with Crippen LogP contribution in [0.1, 0.15) is 32.8 Å². The summed E-state index contributed by atoms with van der Waals surface area (Å²) in [7, 11) is 0. The molecule has 0 saturated carbocycles. The summed E-state index contributed by atoms with van der Waals surface area (Å²) >= 11 is 0. The Kier molecular flexibility index (Phi) is 5.31. The molecule has 3 heterocycles. The second-order valence-corrected chi connectivity index (χ2v) is 7.12. The molecule has 0 spiro atoms. The van der Waals surface area contributed by atoms with Gasteiger partial charge in [-0.15, -0.1) is 0 Å². The van der Waals surface area contributed by atoms with Crippen LogP contribution < -0.4 is 5.73 Å². The number of ether oxygens (including phenoxy) is 2. The number of esters is 1. The molecule has 11 nitrogen and oxygen atoms in total. The van der Waals surface area contributed by atoms with Crippen LogP contribution in [0.25, 0.3) is 11.0 Å². The lowest BCUT2D eigenvalue weighted by atomic mass is 10.1. The van der Waals surface area contributed by atoms with Crippen LogP contribution in [0.15, 0.2) is 36.5 Å². The van der Waals surface area contributed by atoms with E-state index in [4.69, 9.17) is 15.2 Å². The summed E-state index contributed by atoms with van der Waals surface area (Å²) in [4.78, 5) is 32.0. The lowest BCUT2D eigenvalue weighted by molar-refractivity contribution is -0.0563. The Labute approximate surface area is 175 Å². The highest BCUT2D eigenvalue weighted by Crippen LogP contribution is 2.35. The first-order valence-corrected chi connectivity index (χ1v) is 9.39. The van der Waals surface area contributed by atoms with Gasteiger partial charge in [-0.05, 0) is 19.1 Å². The zero-order valence-corrected chi connectivity index (χ0v) is 16.4. The first-order valence-electron chi connectivity index (χ1n) is 9.39. The Balaban J connectivity index is 1.60. The number of hydrogen-bond donors (Lipinski definition) is 4. The monoisotopic (exact) mass is 428 g/mol. The zero-order chi connectivity index (χ0) is 22.3. The maximum Gasteiger partial charge on any atom is 0.338 e. The highest BCUT2D eigenvalue weighted by atomic mass is 16.6. The average Bonchev–Trinajstić information content (AvgIpc) is 3.25. The van der Waals surface area contributed by atoms with Gasteiger partial charge in [0.2, 0.25) is 0 Å². The van der Waals surface area contributed by atoms with E-state index < -0.39 is 36.5 Å². The molecule has 1 aromatic carbocycles. The van der Waals surface area contributed by atoms with Gasteiger partial charge in [0, 0.05) is 6.20 Å². The summed E-state index contributed by atoms with van der Waals surface area (Å²) in [5.41, 5.74) is 6.20. The molecular formula is C20H20N4O7. The molecule has 1 aliphatic rings. The number of carboxylic acids is 1. The Morgan fingerprint density at radius 2 is 1.90 bits per heavy atom. The molecule has 162 valence electrons. The van der Waals surface area contributed by atoms with Crippen LogP contribution in [0.4, 0.5) is 5.82 Å². The van der Waals surface area contributed by atoms with Crippen molar-refractivity contribution in [1.82, 2.24) is 14.5 Å². The van der Waals surface area contributed by atoms with Crippen molar-refractivity contribution in [3.05, 3.63) is 53.5 Å². The summed E-state index contributed by atoms with van der Waals surface area (Å²) in [6, 6.07) is 8.29. The van der Waals surface area contributed by atoms with Crippen molar-refractivity contribution in [3.63, 3.8) is 0 Å². The van der Waals surface area contributed by atoms with Gasteiger partial charge in [-0.3, -0.25) is 0 Å². The largest absolute Gasteiger partial charge is 0.478 e. The van der Waals surface area contributed by atoms with E-state index in [1.54, 1.807) is 37.3 Å². The molecule has 5 N–H and O–H groups in total. The van der Waals surface area contributed by atoms with E-state index in [9.17, 15) is 24.9 Å². The Bertz CT molecular complexity index is 1150. The number of carbonyl (C=O) groups excluding carboxylic acids is 1. The molecule has 4 rings (SSSR count). The number of carbonyl (C=O) groups is 2. The van der Waals surface area contributed by atoms with Crippen LogP contribution in [0.2, 0.25) is 0 Å². The average molecular weight is 428 g/mol. The van der Waals surface area contributed by atoms with E-state index >= 15 is 0 Å². The third-order valence-electron chi connectivity index (χ3n) is 5.04. The minimum Gasteiger partial charge on any atom is -0.478 e. The number of aliphatic hydroxyl groups is 2. The van der Waals surface area contributed by atoms with Gasteiger partial charge in [0.05, 0.1) is 16.5 Å². The summed E-state index contributed by atoms with van der Waals surface area (Å²) in [5.74, 6) is -1.60. The fourth-order valence-electron chi connectivity index (χ4n) is 3.56. The number of aromatic nitrogens is 3. The number of rotatable bonds is 5. The minimum absolute atomic E-state index is 0.0278. The number of benzene rings is 1. The van der Waals surface area contributed by atoms with Gasteiger partial charge in [-0.2, -0.15) is 0 Å². The standard InChI is InChI=1S/C20H20N4O7/c1-9-22-16(21)13-11(19(27)28)7-24(17(13)23-9)18-15(26)14(25)12(31-18)8-30-20(29)10-5-3-2-4-6-10/h2-7,12,14-15,18,25-26H,8H2,1H3,(H,27,28)(H2,21,22,23)/t12-,14-,15-,18-/m1/s1. The van der Waals surface area contributed by atoms with Gasteiger partial charge in [0.15, 0.2) is 6.23 Å². The third-order valence-corrected chi connectivity index (χ3v) is 5.04. The predicted octanol–water partition coefficient (Wildman–Crippen LogP) is 0.496. The fraction of sp³-hybridized carbons (Fsp3) is 0.300. The fourth-order valence-corrected chi connectivity index (χ4v) is 3.56. The maximum atomic E-state index is 12.1. The van der Waals surface area contributed by atoms with Gasteiger partial charge in [0.1, 0.15) is 42.2 Å². The van der Waals surface area contributed by atoms with Crippen LogP contribution in [0.3, 0.4) is 0 Å². The molecule has 11 heteroatoms. The van der Waals surface area contributed by atoms with Crippen molar-refractivity contribution in [2.24, 2.45) is 0 Å². The van der Waals surface area contributed by atoms with Gasteiger partial charge in [-0.25, -0.2) is 19.6 Å². The number of hydrogen-bond acceptors (Lipinski definition) is 9. The highest BCUT2D eigenvalue weighted by molar-refractivity contribution is 6.06. The number of nitrogens with zero attached hydrogens (tertiary/aromatic N) is 3. The van der Waals surface area contributed by atoms with Crippen molar-refractivity contribution < 1.29 is 34.4 Å². The SMILES string of the molecule is Cc1nc(N)c2c(C(=O)O)cn([C@@H]3O[C@H](COC(=O)c4ccccc4)[C@@H](O)[C@H]3O)c2n1. The zero-order valence-electron chi connectivity index (χ0n) is 16.4. The maximum absolute atomic E-state index is 12.1. The summed E-state index contributed by atoms with van der Waals surface area (Å²) < 4.78 is 12.2. The van der Waals surface area contributed by atoms with Crippen molar-refractivity contribution in [1.29, 1.82) is 0 Å². The molecular weight excluding hydrogens is 408 g/mol. The van der Waals surface area contributed by atoms with E-state index in [0.717, 1.165) is 0 Å². The van der Waals surface area contributed by atoms with E-state index in [1.165, 1.54) is 10.8 Å². The van der Waals surface area contributed by atoms with E-state index in [-0.39, 0.29) is 29.0 Å². The lowest BCUT2D eigenvalue weighted by Gasteiger charge is -2.17. The molecule has 1 fully saturated rings. The molecule has 2 aromatic heterocycles. The first kappa shape index (κ1) is 20.7. The number of fused-ring (bicyclic) bond motifs is 1. The molecule has 4 atom stereocenters. The number of anilines is 1.